The predicted octanol–water partition coefficient (Wildman–Crippen LogP) is 5.84. The summed E-state index contributed by atoms with van der Waals surface area (Å²) in [5.74, 6) is 0.640. The van der Waals surface area contributed by atoms with E-state index in [1.165, 1.54) is 45.2 Å². The summed E-state index contributed by atoms with van der Waals surface area (Å²) in [6.07, 6.45) is -1.16. The van der Waals surface area contributed by atoms with Gasteiger partial charge in [-0.2, -0.15) is 0 Å². The van der Waals surface area contributed by atoms with E-state index in [9.17, 15) is 9.59 Å². The molecule has 0 saturated heterocycles. The van der Waals surface area contributed by atoms with Gasteiger partial charge in [-0.25, -0.2) is 4.79 Å². The van der Waals surface area contributed by atoms with Crippen molar-refractivity contribution in [3.05, 3.63) is 83.9 Å². The smallest absolute Gasteiger partial charge is 0.339 e. The van der Waals surface area contributed by atoms with Gasteiger partial charge in [0.2, 0.25) is 5.75 Å². The van der Waals surface area contributed by atoms with Crippen LogP contribution < -0.4 is 23.8 Å². The molecule has 1 amide bonds. The molecule has 0 aliphatic carbocycles. The van der Waals surface area contributed by atoms with E-state index in [4.69, 9.17) is 23.7 Å². The first-order valence-corrected chi connectivity index (χ1v) is 15.0. The summed E-state index contributed by atoms with van der Waals surface area (Å²) in [5.41, 5.74) is 1.77. The summed E-state index contributed by atoms with van der Waals surface area (Å²) in [6, 6.07) is 22.6. The molecule has 44 heavy (non-hydrogen) atoms. The number of likely N-dealkylation sites (N-methyl/N-ethyl adjacent to an activating group) is 1. The van der Waals surface area contributed by atoms with Crippen LogP contribution in [0.1, 0.15) is 21.2 Å². The average Bonchev–Trinajstić information content (AvgIpc) is 3.16. The summed E-state index contributed by atoms with van der Waals surface area (Å²) in [7, 11) is 9.96. The van der Waals surface area contributed by atoms with Crippen molar-refractivity contribution in [1.29, 1.82) is 0 Å². The van der Waals surface area contributed by atoms with Crippen LogP contribution in [0, 0.1) is 0 Å². The number of ether oxygens (including phenoxy) is 5. The zero-order chi connectivity index (χ0) is 31.4. The van der Waals surface area contributed by atoms with E-state index < -0.39 is 17.3 Å². The number of carbonyl (C=O) groups excluding carboxylic acids is 2. The van der Waals surface area contributed by atoms with Gasteiger partial charge in [0.1, 0.15) is 5.75 Å². The number of nitrogens with zero attached hydrogens (tertiary/aromatic N) is 2. The summed E-state index contributed by atoms with van der Waals surface area (Å²) in [4.78, 5) is 33.2. The Labute approximate surface area is 261 Å². The van der Waals surface area contributed by atoms with Crippen molar-refractivity contribution in [3.8, 4) is 23.0 Å². The molecular weight excluding hydrogens is 580 g/mol. The standard InChI is InChI=1S/C34H36N2O7S/c1-35(2)17-18-36-26-16-13-21-9-7-8-10-25(21)32(26)44-31(22-11-14-24(39-3)15-12-22)30(33(36)37)43-34(38)23-19-27(40-4)29(42-6)28(20-23)41-5/h7-16,19-20,30-31H,17-18H2,1-6H3/t30-,31+/m1/s1. The second-order valence-corrected chi connectivity index (χ2v) is 11.6. The maximum Gasteiger partial charge on any atom is 0.339 e. The van der Waals surface area contributed by atoms with Crippen LogP contribution >= 0.6 is 11.8 Å². The number of rotatable bonds is 10. The zero-order valence-corrected chi connectivity index (χ0v) is 26.5. The van der Waals surface area contributed by atoms with E-state index in [1.807, 2.05) is 67.5 Å². The van der Waals surface area contributed by atoms with E-state index in [0.717, 1.165) is 26.9 Å². The first-order valence-electron chi connectivity index (χ1n) is 14.1. The largest absolute Gasteiger partial charge is 0.497 e. The number of fused-ring (bicyclic) bond motifs is 3. The Hall–Kier alpha value is -4.41. The second-order valence-electron chi connectivity index (χ2n) is 10.5. The Balaban J connectivity index is 1.65. The molecule has 5 rings (SSSR count). The van der Waals surface area contributed by atoms with Gasteiger partial charge in [-0.05, 0) is 60.8 Å². The summed E-state index contributed by atoms with van der Waals surface area (Å²) in [6.45, 7) is 1.02. The Bertz CT molecular complexity index is 1630. The van der Waals surface area contributed by atoms with Gasteiger partial charge >= 0.3 is 5.97 Å². The van der Waals surface area contributed by atoms with Crippen molar-refractivity contribution in [2.45, 2.75) is 16.2 Å². The maximum atomic E-state index is 14.6. The topological polar surface area (TPSA) is 86.8 Å². The molecule has 0 fully saturated rings. The Morgan fingerprint density at radius 1 is 0.864 bits per heavy atom. The highest BCUT2D eigenvalue weighted by molar-refractivity contribution is 8.00. The van der Waals surface area contributed by atoms with E-state index in [1.54, 1.807) is 12.0 Å². The third kappa shape index (κ3) is 6.13. The molecule has 0 bridgehead atoms. The van der Waals surface area contributed by atoms with Gasteiger partial charge < -0.3 is 33.5 Å². The van der Waals surface area contributed by atoms with Gasteiger partial charge in [-0.1, -0.05) is 42.5 Å². The number of amides is 1. The normalized spacial score (nSPS) is 16.3. The van der Waals surface area contributed by atoms with Crippen LogP contribution in [0.5, 0.6) is 23.0 Å². The van der Waals surface area contributed by atoms with Crippen molar-refractivity contribution in [1.82, 2.24) is 4.90 Å². The Morgan fingerprint density at radius 2 is 1.55 bits per heavy atom. The monoisotopic (exact) mass is 616 g/mol. The number of thioether (sulfide) groups is 1. The molecule has 4 aromatic carbocycles. The molecule has 0 N–H and O–H groups in total. The van der Waals surface area contributed by atoms with Crippen LogP contribution in [-0.4, -0.2) is 78.5 Å². The fourth-order valence-electron chi connectivity index (χ4n) is 5.22. The molecule has 1 heterocycles. The highest BCUT2D eigenvalue weighted by Gasteiger charge is 2.42. The maximum absolute atomic E-state index is 14.6. The average molecular weight is 617 g/mol. The third-order valence-corrected chi connectivity index (χ3v) is 8.97. The molecule has 1 aliphatic rings. The third-order valence-electron chi connectivity index (χ3n) is 7.53. The Morgan fingerprint density at radius 3 is 2.16 bits per heavy atom. The summed E-state index contributed by atoms with van der Waals surface area (Å²) in [5, 5.41) is 1.51. The first-order chi connectivity index (χ1) is 21.3. The number of benzene rings is 4. The molecule has 0 radical (unpaired) electrons. The summed E-state index contributed by atoms with van der Waals surface area (Å²) < 4.78 is 27.9. The molecule has 4 aromatic rings. The molecule has 0 aromatic heterocycles. The van der Waals surface area contributed by atoms with Crippen LogP contribution in [0.2, 0.25) is 0 Å². The second kappa shape index (κ2) is 13.5. The minimum Gasteiger partial charge on any atom is -0.497 e. The number of anilines is 1. The lowest BCUT2D eigenvalue weighted by Crippen LogP contribution is -2.45. The van der Waals surface area contributed by atoms with Crippen LogP contribution in [0.25, 0.3) is 10.8 Å². The van der Waals surface area contributed by atoms with Crippen LogP contribution in [0.4, 0.5) is 5.69 Å². The quantitative estimate of drug-likeness (QED) is 0.204. The lowest BCUT2D eigenvalue weighted by Gasteiger charge is -2.29. The molecule has 9 nitrogen and oxygen atoms in total. The molecule has 0 spiro atoms. The Kier molecular flexibility index (Phi) is 9.51. The lowest BCUT2D eigenvalue weighted by atomic mass is 10.0. The van der Waals surface area contributed by atoms with Crippen LogP contribution in [-0.2, 0) is 9.53 Å². The van der Waals surface area contributed by atoms with Gasteiger partial charge in [0.25, 0.3) is 5.91 Å². The van der Waals surface area contributed by atoms with Gasteiger partial charge in [0.15, 0.2) is 17.6 Å². The van der Waals surface area contributed by atoms with Crippen molar-refractivity contribution in [2.75, 3.05) is 60.5 Å². The van der Waals surface area contributed by atoms with Crippen molar-refractivity contribution in [2.24, 2.45) is 0 Å². The zero-order valence-electron chi connectivity index (χ0n) is 25.7. The lowest BCUT2D eigenvalue weighted by molar-refractivity contribution is -0.127. The highest BCUT2D eigenvalue weighted by Crippen LogP contribution is 2.50. The molecule has 230 valence electrons. The van der Waals surface area contributed by atoms with E-state index in [2.05, 4.69) is 12.1 Å². The van der Waals surface area contributed by atoms with Gasteiger partial charge in [0.05, 0.1) is 44.9 Å². The molecule has 0 saturated carbocycles. The highest BCUT2D eigenvalue weighted by atomic mass is 32.2. The first kappa shape index (κ1) is 31.0. The molecular formula is C34H36N2O7S. The van der Waals surface area contributed by atoms with Gasteiger partial charge in [0, 0.05) is 18.0 Å². The molecule has 0 unspecified atom stereocenters. The number of hydrogen-bond acceptors (Lipinski definition) is 9. The molecule has 1 aliphatic heterocycles. The van der Waals surface area contributed by atoms with E-state index in [-0.39, 0.29) is 11.5 Å². The minimum atomic E-state index is -1.16. The van der Waals surface area contributed by atoms with E-state index >= 15 is 0 Å². The van der Waals surface area contributed by atoms with Crippen LogP contribution in [0.3, 0.4) is 0 Å². The van der Waals surface area contributed by atoms with Gasteiger partial charge in [-0.3, -0.25) is 4.79 Å². The van der Waals surface area contributed by atoms with Crippen LogP contribution in [0.15, 0.2) is 77.7 Å². The predicted molar refractivity (Wildman–Crippen MR) is 172 cm³/mol. The van der Waals surface area contributed by atoms with E-state index in [0.29, 0.717) is 36.1 Å². The summed E-state index contributed by atoms with van der Waals surface area (Å²) >= 11 is 1.52. The SMILES string of the molecule is COc1ccc([C@@H]2Sc3c(ccc4ccccc34)N(CCN(C)C)C(=O)[C@@H]2OC(=O)c2cc(OC)c(OC)c(OC)c2)cc1. The number of esters is 1. The fraction of sp³-hybridized carbons (Fsp3) is 0.294. The number of hydrogen-bond donors (Lipinski definition) is 0. The molecule has 2 atom stereocenters. The van der Waals surface area contributed by atoms with Crippen molar-refractivity contribution in [3.63, 3.8) is 0 Å². The van der Waals surface area contributed by atoms with Crippen molar-refractivity contribution < 1.29 is 33.3 Å². The number of methoxy groups -OCH3 is 4. The van der Waals surface area contributed by atoms with Gasteiger partial charge in [-0.15, -0.1) is 11.8 Å². The van der Waals surface area contributed by atoms with Crippen molar-refractivity contribution >= 4 is 40.1 Å². The fourth-order valence-corrected chi connectivity index (χ4v) is 6.67. The minimum absolute atomic E-state index is 0.165. The molecule has 10 heteroatoms. The number of carbonyl (C=O) groups is 2.